The van der Waals surface area contributed by atoms with Gasteiger partial charge in [0.1, 0.15) is 12.4 Å². The Hall–Kier alpha value is -2.56. The molecule has 0 bridgehead atoms. The summed E-state index contributed by atoms with van der Waals surface area (Å²) in [5, 5.41) is 0. The molecule has 0 aliphatic rings. The van der Waals surface area contributed by atoms with Crippen molar-refractivity contribution >= 4 is 10.0 Å². The van der Waals surface area contributed by atoms with E-state index in [0.29, 0.717) is 12.4 Å². The van der Waals surface area contributed by atoms with Gasteiger partial charge in [0.05, 0.1) is 18.0 Å². The molecule has 5 nitrogen and oxygen atoms in total. The lowest BCUT2D eigenvalue weighted by atomic mass is 10.2. The third-order valence-corrected chi connectivity index (χ3v) is 4.77. The highest BCUT2D eigenvalue weighted by atomic mass is 32.2. The number of halogens is 1. The minimum absolute atomic E-state index is 0.0369. The first kappa shape index (κ1) is 19.8. The molecular weight excluding hydrogens is 357 g/mol. The predicted octanol–water partition coefficient (Wildman–Crippen LogP) is 2.89. The molecule has 0 atom stereocenters. The second kappa shape index (κ2) is 9.22. The van der Waals surface area contributed by atoms with E-state index < -0.39 is 15.8 Å². The summed E-state index contributed by atoms with van der Waals surface area (Å²) in [6, 6.07) is 10.6. The van der Waals surface area contributed by atoms with E-state index in [-0.39, 0.29) is 23.8 Å². The molecule has 0 aliphatic carbocycles. The minimum atomic E-state index is -3.67. The number of nitrogens with one attached hydrogen (secondary N) is 1. The first-order valence-electron chi connectivity index (χ1n) is 8.00. The van der Waals surface area contributed by atoms with E-state index in [2.05, 4.69) is 16.6 Å². The molecule has 2 aromatic carbocycles. The second-order valence-electron chi connectivity index (χ2n) is 5.26. The number of sulfonamides is 1. The molecular formula is C19H20FNO4S. The Morgan fingerprint density at radius 2 is 1.85 bits per heavy atom. The van der Waals surface area contributed by atoms with E-state index in [1.807, 2.05) is 6.92 Å². The van der Waals surface area contributed by atoms with Crippen LogP contribution in [0.2, 0.25) is 0 Å². The number of hydrogen-bond acceptors (Lipinski definition) is 4. The number of hydrogen-bond donors (Lipinski definition) is 1. The summed E-state index contributed by atoms with van der Waals surface area (Å²) in [5.74, 6) is 5.55. The molecule has 2 aromatic rings. The van der Waals surface area contributed by atoms with Crippen LogP contribution in [0.3, 0.4) is 0 Å². The van der Waals surface area contributed by atoms with Crippen LogP contribution in [0.15, 0.2) is 47.4 Å². The van der Waals surface area contributed by atoms with Crippen molar-refractivity contribution < 1.29 is 22.3 Å². The third kappa shape index (κ3) is 5.48. The van der Waals surface area contributed by atoms with E-state index >= 15 is 0 Å². The van der Waals surface area contributed by atoms with Crippen LogP contribution < -0.4 is 14.2 Å². The van der Waals surface area contributed by atoms with Crippen LogP contribution in [0, 0.1) is 24.6 Å². The van der Waals surface area contributed by atoms with Gasteiger partial charge < -0.3 is 9.47 Å². The van der Waals surface area contributed by atoms with Gasteiger partial charge in [-0.1, -0.05) is 24.0 Å². The zero-order valence-electron chi connectivity index (χ0n) is 14.6. The molecule has 0 heterocycles. The van der Waals surface area contributed by atoms with Crippen molar-refractivity contribution in [2.75, 3.05) is 19.8 Å². The zero-order valence-corrected chi connectivity index (χ0v) is 15.4. The quantitative estimate of drug-likeness (QED) is 0.754. The van der Waals surface area contributed by atoms with Crippen LogP contribution in [0.25, 0.3) is 0 Å². The van der Waals surface area contributed by atoms with Crippen LogP contribution in [-0.4, -0.2) is 28.2 Å². The van der Waals surface area contributed by atoms with Gasteiger partial charge in [0.15, 0.2) is 11.6 Å². The van der Waals surface area contributed by atoms with Crippen molar-refractivity contribution in [2.45, 2.75) is 18.7 Å². The second-order valence-corrected chi connectivity index (χ2v) is 7.02. The molecule has 26 heavy (non-hydrogen) atoms. The smallest absolute Gasteiger partial charge is 0.241 e. The van der Waals surface area contributed by atoms with Crippen molar-refractivity contribution in [1.82, 2.24) is 4.72 Å². The van der Waals surface area contributed by atoms with E-state index in [1.54, 1.807) is 31.2 Å². The lowest BCUT2D eigenvalue weighted by Crippen LogP contribution is -2.24. The summed E-state index contributed by atoms with van der Waals surface area (Å²) in [6.45, 7) is 4.04. The number of para-hydroxylation sites is 1. The predicted molar refractivity (Wildman–Crippen MR) is 97.2 cm³/mol. The van der Waals surface area contributed by atoms with Gasteiger partial charge in [-0.05, 0) is 49.7 Å². The van der Waals surface area contributed by atoms with Crippen LogP contribution in [-0.2, 0) is 10.0 Å². The van der Waals surface area contributed by atoms with E-state index in [1.165, 1.54) is 18.2 Å². The molecule has 0 aliphatic heterocycles. The van der Waals surface area contributed by atoms with Crippen molar-refractivity contribution in [3.63, 3.8) is 0 Å². The third-order valence-electron chi connectivity index (χ3n) is 3.37. The summed E-state index contributed by atoms with van der Waals surface area (Å²) in [5.41, 5.74) is 0.735. The Kier molecular flexibility index (Phi) is 7.01. The van der Waals surface area contributed by atoms with Crippen molar-refractivity contribution in [1.29, 1.82) is 0 Å². The summed E-state index contributed by atoms with van der Waals surface area (Å²) in [6.07, 6.45) is 0. The average Bonchev–Trinajstić information content (AvgIpc) is 2.61. The number of rotatable bonds is 7. The highest BCUT2D eigenvalue weighted by Crippen LogP contribution is 2.21. The Balaban J connectivity index is 1.89. The molecule has 0 saturated carbocycles. The average molecular weight is 377 g/mol. The maximum absolute atomic E-state index is 13.3. The molecule has 1 N–H and O–H groups in total. The maximum atomic E-state index is 13.3. The van der Waals surface area contributed by atoms with Crippen molar-refractivity contribution in [2.24, 2.45) is 0 Å². The van der Waals surface area contributed by atoms with Gasteiger partial charge in [0.25, 0.3) is 0 Å². The molecule has 0 fully saturated rings. The summed E-state index contributed by atoms with van der Waals surface area (Å²) < 4.78 is 50.8. The highest BCUT2D eigenvalue weighted by molar-refractivity contribution is 7.89. The fraction of sp³-hybridized carbons (Fsp3) is 0.263. The normalized spacial score (nSPS) is 10.7. The fourth-order valence-electron chi connectivity index (χ4n) is 2.11. The van der Waals surface area contributed by atoms with Crippen LogP contribution in [0.4, 0.5) is 4.39 Å². The summed E-state index contributed by atoms with van der Waals surface area (Å²) >= 11 is 0. The van der Waals surface area contributed by atoms with Gasteiger partial charge in [0.2, 0.25) is 10.0 Å². The van der Waals surface area contributed by atoms with Crippen molar-refractivity contribution in [3.05, 3.63) is 53.8 Å². The number of ether oxygens (including phenoxy) is 2. The molecule has 0 amide bonds. The molecule has 0 spiro atoms. The van der Waals surface area contributed by atoms with Gasteiger partial charge in [-0.2, -0.15) is 4.72 Å². The molecule has 138 valence electrons. The molecule has 0 radical (unpaired) electrons. The monoisotopic (exact) mass is 377 g/mol. The van der Waals surface area contributed by atoms with Gasteiger partial charge in [-0.3, -0.25) is 0 Å². The fourth-order valence-corrected chi connectivity index (χ4v) is 3.12. The van der Waals surface area contributed by atoms with E-state index in [4.69, 9.17) is 9.47 Å². The first-order chi connectivity index (χ1) is 12.4. The lowest BCUT2D eigenvalue weighted by Gasteiger charge is -2.09. The lowest BCUT2D eigenvalue weighted by molar-refractivity contribution is 0.337. The summed E-state index contributed by atoms with van der Waals surface area (Å²) in [4.78, 5) is 0.142. The van der Waals surface area contributed by atoms with Gasteiger partial charge in [-0.15, -0.1) is 0 Å². The molecule has 0 saturated heterocycles. The van der Waals surface area contributed by atoms with E-state index in [9.17, 15) is 12.8 Å². The Labute approximate surface area is 153 Å². The summed E-state index contributed by atoms with van der Waals surface area (Å²) in [7, 11) is -3.67. The molecule has 2 rings (SSSR count). The van der Waals surface area contributed by atoms with E-state index in [0.717, 1.165) is 5.56 Å². The van der Waals surface area contributed by atoms with Gasteiger partial charge in [0, 0.05) is 0 Å². The minimum Gasteiger partial charge on any atom is -0.494 e. The SMILES string of the molecule is CCOc1ccc(S(=O)(=O)NCC#CCOc2ccccc2F)cc1C. The Morgan fingerprint density at radius 3 is 2.54 bits per heavy atom. The maximum Gasteiger partial charge on any atom is 0.241 e. The Bertz CT molecular complexity index is 917. The van der Waals surface area contributed by atoms with Gasteiger partial charge >= 0.3 is 0 Å². The first-order valence-corrected chi connectivity index (χ1v) is 9.48. The standard InChI is InChI=1S/C19H20FNO4S/c1-3-24-18-11-10-16(14-15(18)2)26(22,23)21-12-6-7-13-25-19-9-5-4-8-17(19)20/h4-5,8-11,14,21H,3,12-13H2,1-2H3. The molecule has 0 aromatic heterocycles. The number of aryl methyl sites for hydroxylation is 1. The van der Waals surface area contributed by atoms with Crippen molar-refractivity contribution in [3.8, 4) is 23.3 Å². The zero-order chi connectivity index (χ0) is 19.0. The molecule has 7 heteroatoms. The highest BCUT2D eigenvalue weighted by Gasteiger charge is 2.14. The van der Waals surface area contributed by atoms with Crippen LogP contribution >= 0.6 is 0 Å². The molecule has 0 unspecified atom stereocenters. The topological polar surface area (TPSA) is 64.6 Å². The number of benzene rings is 2. The van der Waals surface area contributed by atoms with Gasteiger partial charge in [-0.25, -0.2) is 12.8 Å². The van der Waals surface area contributed by atoms with Crippen LogP contribution in [0.5, 0.6) is 11.5 Å². The van der Waals surface area contributed by atoms with Crippen LogP contribution in [0.1, 0.15) is 12.5 Å². The Morgan fingerprint density at radius 1 is 1.08 bits per heavy atom. The largest absolute Gasteiger partial charge is 0.494 e.